The van der Waals surface area contributed by atoms with E-state index in [1.54, 1.807) is 0 Å². The van der Waals surface area contributed by atoms with Crippen LogP contribution >= 0.6 is 15.9 Å². The van der Waals surface area contributed by atoms with Crippen molar-refractivity contribution >= 4 is 27.5 Å². The number of piperidine rings is 1. The van der Waals surface area contributed by atoms with Crippen LogP contribution in [0.25, 0.3) is 5.65 Å². The fraction of sp³-hybridized carbons (Fsp3) is 0.538. The molecule has 3 heterocycles. The number of nitrogens with zero attached hydrogens (tertiary/aromatic N) is 4. The molecule has 1 aliphatic heterocycles. The van der Waals surface area contributed by atoms with Crippen molar-refractivity contribution in [2.75, 3.05) is 31.6 Å². The number of fused-ring (bicyclic) bond motifs is 1. The highest BCUT2D eigenvalue weighted by atomic mass is 79.9. The van der Waals surface area contributed by atoms with Gasteiger partial charge in [-0.25, -0.2) is 4.52 Å². The van der Waals surface area contributed by atoms with Gasteiger partial charge in [0.2, 0.25) is 5.95 Å². The third-order valence-corrected chi connectivity index (χ3v) is 4.05. The van der Waals surface area contributed by atoms with Crippen molar-refractivity contribution in [3.05, 3.63) is 22.8 Å². The molecule has 2 aromatic rings. The van der Waals surface area contributed by atoms with Crippen molar-refractivity contribution in [2.24, 2.45) is 5.92 Å². The zero-order valence-corrected chi connectivity index (χ0v) is 12.6. The van der Waals surface area contributed by atoms with Crippen LogP contribution in [-0.2, 0) is 0 Å². The molecule has 19 heavy (non-hydrogen) atoms. The molecule has 2 aromatic heterocycles. The molecule has 5 nitrogen and oxygen atoms in total. The first-order valence-electron chi connectivity index (χ1n) is 6.68. The molecule has 0 amide bonds. The Morgan fingerprint density at radius 3 is 3.21 bits per heavy atom. The van der Waals surface area contributed by atoms with Crippen LogP contribution in [0.1, 0.15) is 12.8 Å². The summed E-state index contributed by atoms with van der Waals surface area (Å²) < 4.78 is 2.85. The third-order valence-electron chi connectivity index (χ3n) is 3.58. The molecule has 1 fully saturated rings. The van der Waals surface area contributed by atoms with Crippen molar-refractivity contribution < 1.29 is 0 Å². The lowest BCUT2D eigenvalue weighted by molar-refractivity contribution is 0.399. The number of hydrogen-bond acceptors (Lipinski definition) is 4. The summed E-state index contributed by atoms with van der Waals surface area (Å²) in [7, 11) is 2.01. The van der Waals surface area contributed by atoms with Crippen molar-refractivity contribution in [2.45, 2.75) is 12.8 Å². The van der Waals surface area contributed by atoms with E-state index in [1.165, 1.54) is 12.8 Å². The molecule has 6 heteroatoms. The Kier molecular flexibility index (Phi) is 3.70. The van der Waals surface area contributed by atoms with E-state index in [-0.39, 0.29) is 0 Å². The highest BCUT2D eigenvalue weighted by Gasteiger charge is 2.22. The van der Waals surface area contributed by atoms with Crippen LogP contribution in [-0.4, -0.2) is 41.3 Å². The minimum absolute atomic E-state index is 0.692. The van der Waals surface area contributed by atoms with Crippen LogP contribution in [0.5, 0.6) is 0 Å². The minimum Gasteiger partial charge on any atom is -0.339 e. The second-order valence-corrected chi connectivity index (χ2v) is 5.99. The molecule has 102 valence electrons. The van der Waals surface area contributed by atoms with Gasteiger partial charge in [-0.1, -0.05) is 0 Å². The summed E-state index contributed by atoms with van der Waals surface area (Å²) in [6, 6.07) is 3.98. The smallest absolute Gasteiger partial charge is 0.245 e. The van der Waals surface area contributed by atoms with E-state index in [0.717, 1.165) is 35.7 Å². The fourth-order valence-electron chi connectivity index (χ4n) is 2.68. The maximum absolute atomic E-state index is 4.61. The Morgan fingerprint density at radius 2 is 2.37 bits per heavy atom. The predicted molar refractivity (Wildman–Crippen MR) is 79.6 cm³/mol. The normalized spacial score (nSPS) is 20.1. The van der Waals surface area contributed by atoms with Gasteiger partial charge in [0, 0.05) is 23.8 Å². The molecule has 1 N–H and O–H groups in total. The monoisotopic (exact) mass is 323 g/mol. The Bertz CT molecular complexity index is 565. The maximum Gasteiger partial charge on any atom is 0.245 e. The Labute approximate surface area is 121 Å². The first-order valence-corrected chi connectivity index (χ1v) is 7.47. The zero-order valence-electron chi connectivity index (χ0n) is 11.0. The summed E-state index contributed by atoms with van der Waals surface area (Å²) in [5, 5.41) is 7.84. The molecule has 1 unspecified atom stereocenters. The number of halogens is 1. The number of rotatable bonds is 3. The molecule has 3 rings (SSSR count). The summed E-state index contributed by atoms with van der Waals surface area (Å²) in [6.07, 6.45) is 4.45. The molecule has 1 atom stereocenters. The minimum atomic E-state index is 0.692. The van der Waals surface area contributed by atoms with Crippen LogP contribution in [0, 0.1) is 5.92 Å². The van der Waals surface area contributed by atoms with E-state index in [2.05, 4.69) is 36.2 Å². The van der Waals surface area contributed by atoms with Gasteiger partial charge in [-0.2, -0.15) is 4.98 Å². The zero-order chi connectivity index (χ0) is 13.2. The molecule has 0 bridgehead atoms. The van der Waals surface area contributed by atoms with E-state index >= 15 is 0 Å². The van der Waals surface area contributed by atoms with Gasteiger partial charge < -0.3 is 10.2 Å². The molecular weight excluding hydrogens is 306 g/mol. The van der Waals surface area contributed by atoms with Crippen molar-refractivity contribution in [1.29, 1.82) is 0 Å². The van der Waals surface area contributed by atoms with Gasteiger partial charge >= 0.3 is 0 Å². The Hall–Kier alpha value is -1.14. The Balaban J connectivity index is 1.83. The van der Waals surface area contributed by atoms with Gasteiger partial charge in [0.25, 0.3) is 0 Å². The van der Waals surface area contributed by atoms with E-state index < -0.39 is 0 Å². The average Bonchev–Trinajstić information content (AvgIpc) is 2.82. The van der Waals surface area contributed by atoms with Gasteiger partial charge in [0.05, 0.1) is 0 Å². The lowest BCUT2D eigenvalue weighted by Crippen LogP contribution is -2.39. The van der Waals surface area contributed by atoms with Crippen LogP contribution in [0.15, 0.2) is 22.8 Å². The van der Waals surface area contributed by atoms with Crippen LogP contribution in [0.2, 0.25) is 0 Å². The van der Waals surface area contributed by atoms with Crippen molar-refractivity contribution in [3.8, 4) is 0 Å². The van der Waals surface area contributed by atoms with E-state index in [0.29, 0.717) is 5.92 Å². The summed E-state index contributed by atoms with van der Waals surface area (Å²) in [5.41, 5.74) is 0.897. The van der Waals surface area contributed by atoms with E-state index in [4.69, 9.17) is 0 Å². The number of pyridine rings is 1. The van der Waals surface area contributed by atoms with Crippen molar-refractivity contribution in [1.82, 2.24) is 19.9 Å². The number of aromatic nitrogens is 3. The molecule has 0 aliphatic carbocycles. The summed E-state index contributed by atoms with van der Waals surface area (Å²) in [5.74, 6) is 1.54. The highest BCUT2D eigenvalue weighted by Crippen LogP contribution is 2.21. The maximum atomic E-state index is 4.61. The SMILES string of the molecule is CNCC1CCCN(c2nc3ccc(Br)cn3n2)C1. The van der Waals surface area contributed by atoms with E-state index in [9.17, 15) is 0 Å². The van der Waals surface area contributed by atoms with Gasteiger partial charge in [0.1, 0.15) is 0 Å². The lowest BCUT2D eigenvalue weighted by Gasteiger charge is -2.31. The molecule has 0 radical (unpaired) electrons. The second kappa shape index (κ2) is 5.46. The standard InChI is InChI=1S/C13H18BrN5/c1-15-7-10-3-2-6-18(8-10)13-16-12-5-4-11(14)9-19(12)17-13/h4-5,9-10,15H,2-3,6-8H2,1H3. The van der Waals surface area contributed by atoms with Gasteiger partial charge in [-0.05, 0) is 60.4 Å². The molecule has 1 aliphatic rings. The second-order valence-electron chi connectivity index (χ2n) is 5.07. The van der Waals surface area contributed by atoms with Crippen molar-refractivity contribution in [3.63, 3.8) is 0 Å². The first kappa shape index (κ1) is 12.9. The number of anilines is 1. The summed E-state index contributed by atoms with van der Waals surface area (Å²) >= 11 is 3.46. The average molecular weight is 324 g/mol. The van der Waals surface area contributed by atoms with Gasteiger partial charge in [-0.3, -0.25) is 0 Å². The Morgan fingerprint density at radius 1 is 1.47 bits per heavy atom. The quantitative estimate of drug-likeness (QED) is 0.937. The topological polar surface area (TPSA) is 45.5 Å². The van der Waals surface area contributed by atoms with Crippen LogP contribution in [0.4, 0.5) is 5.95 Å². The molecular formula is C13H18BrN5. The fourth-order valence-corrected chi connectivity index (χ4v) is 3.01. The predicted octanol–water partition coefficient (Wildman–Crippen LogP) is 1.93. The first-order chi connectivity index (χ1) is 9.26. The molecule has 1 saturated heterocycles. The number of hydrogen-bond donors (Lipinski definition) is 1. The van der Waals surface area contributed by atoms with Crippen LogP contribution in [0.3, 0.4) is 0 Å². The molecule has 0 aromatic carbocycles. The molecule has 0 spiro atoms. The van der Waals surface area contributed by atoms with Gasteiger partial charge in [-0.15, -0.1) is 5.10 Å². The van der Waals surface area contributed by atoms with Crippen LogP contribution < -0.4 is 10.2 Å². The summed E-state index contributed by atoms with van der Waals surface area (Å²) in [4.78, 5) is 6.91. The highest BCUT2D eigenvalue weighted by molar-refractivity contribution is 9.10. The lowest BCUT2D eigenvalue weighted by atomic mass is 9.98. The third kappa shape index (κ3) is 2.74. The van der Waals surface area contributed by atoms with Gasteiger partial charge in [0.15, 0.2) is 5.65 Å². The number of nitrogens with one attached hydrogen (secondary N) is 1. The largest absolute Gasteiger partial charge is 0.339 e. The van der Waals surface area contributed by atoms with E-state index in [1.807, 2.05) is 29.9 Å². The summed E-state index contributed by atoms with van der Waals surface area (Å²) in [6.45, 7) is 3.16. The molecule has 0 saturated carbocycles.